The van der Waals surface area contributed by atoms with Gasteiger partial charge >= 0.3 is 0 Å². The monoisotopic (exact) mass is 270 g/mol. The summed E-state index contributed by atoms with van der Waals surface area (Å²) in [4.78, 5) is 14.0. The van der Waals surface area contributed by atoms with Crippen LogP contribution < -0.4 is 10.5 Å². The van der Waals surface area contributed by atoms with Crippen molar-refractivity contribution in [2.75, 3.05) is 19.9 Å². The summed E-state index contributed by atoms with van der Waals surface area (Å²) in [6.45, 7) is 0.562. The van der Waals surface area contributed by atoms with E-state index >= 15 is 0 Å². The summed E-state index contributed by atoms with van der Waals surface area (Å²) < 4.78 is 5.14. The number of carbonyl (C=O) groups excluding carboxylic acids is 1. The van der Waals surface area contributed by atoms with Gasteiger partial charge in [-0.25, -0.2) is 0 Å². The average Bonchev–Trinajstić information content (AvgIpc) is 2.48. The second kappa shape index (κ2) is 6.10. The molecule has 104 valence electrons. The van der Waals surface area contributed by atoms with E-state index in [1.807, 2.05) is 30.3 Å². The Bertz CT molecular complexity index is 597. The molecule has 0 heterocycles. The van der Waals surface area contributed by atoms with Crippen LogP contribution in [0.3, 0.4) is 0 Å². The Morgan fingerprint density at radius 1 is 1.20 bits per heavy atom. The molecule has 0 saturated heterocycles. The minimum atomic E-state index is -0.0628. The number of hydrogen-bond acceptors (Lipinski definition) is 3. The van der Waals surface area contributed by atoms with Gasteiger partial charge in [0.1, 0.15) is 5.75 Å². The van der Waals surface area contributed by atoms with E-state index in [4.69, 9.17) is 10.5 Å². The van der Waals surface area contributed by atoms with Gasteiger partial charge in [-0.05, 0) is 23.8 Å². The molecule has 4 nitrogen and oxygen atoms in total. The molecule has 2 rings (SSSR count). The first kappa shape index (κ1) is 13.9. The Kier molecular flexibility index (Phi) is 4.25. The minimum Gasteiger partial charge on any atom is -0.495 e. The van der Waals surface area contributed by atoms with Gasteiger partial charge in [0, 0.05) is 19.2 Å². The molecule has 4 heteroatoms. The molecular weight excluding hydrogens is 252 g/mol. The maximum Gasteiger partial charge on any atom is 0.254 e. The van der Waals surface area contributed by atoms with Crippen LogP contribution >= 0.6 is 0 Å². The molecule has 2 aromatic carbocycles. The molecule has 0 radical (unpaired) electrons. The van der Waals surface area contributed by atoms with E-state index in [1.165, 1.54) is 7.11 Å². The molecule has 0 aliphatic heterocycles. The van der Waals surface area contributed by atoms with Gasteiger partial charge in [-0.1, -0.05) is 30.3 Å². The zero-order valence-corrected chi connectivity index (χ0v) is 11.7. The standard InChI is InChI=1S/C16H18N2O2/c1-18(11-12-6-4-3-5-7-12)16(19)13-8-9-14(17)15(10-13)20-2/h3-10H,11,17H2,1-2H3. The molecule has 0 bridgehead atoms. The summed E-state index contributed by atoms with van der Waals surface area (Å²) in [6, 6.07) is 14.9. The SMILES string of the molecule is COc1cc(C(=O)N(C)Cc2ccccc2)ccc1N. The van der Waals surface area contributed by atoms with Crippen LogP contribution in [0.15, 0.2) is 48.5 Å². The zero-order chi connectivity index (χ0) is 14.5. The van der Waals surface area contributed by atoms with Crippen molar-refractivity contribution in [1.82, 2.24) is 4.90 Å². The molecule has 2 aromatic rings. The van der Waals surface area contributed by atoms with E-state index in [9.17, 15) is 4.79 Å². The van der Waals surface area contributed by atoms with E-state index in [1.54, 1.807) is 30.1 Å². The molecule has 20 heavy (non-hydrogen) atoms. The minimum absolute atomic E-state index is 0.0628. The van der Waals surface area contributed by atoms with Crippen molar-refractivity contribution in [3.63, 3.8) is 0 Å². The average molecular weight is 270 g/mol. The van der Waals surface area contributed by atoms with Gasteiger partial charge in [0.2, 0.25) is 0 Å². The molecule has 1 amide bonds. The molecule has 0 fully saturated rings. The topological polar surface area (TPSA) is 55.6 Å². The van der Waals surface area contributed by atoms with Crippen LogP contribution in [0.4, 0.5) is 5.69 Å². The number of carbonyl (C=O) groups is 1. The fourth-order valence-corrected chi connectivity index (χ4v) is 1.99. The van der Waals surface area contributed by atoms with Crippen molar-refractivity contribution >= 4 is 11.6 Å². The number of amides is 1. The smallest absolute Gasteiger partial charge is 0.254 e. The molecule has 0 spiro atoms. The number of anilines is 1. The van der Waals surface area contributed by atoms with Gasteiger partial charge in [0.05, 0.1) is 12.8 Å². The normalized spacial score (nSPS) is 10.1. The van der Waals surface area contributed by atoms with Crippen LogP contribution in [0.25, 0.3) is 0 Å². The van der Waals surface area contributed by atoms with Gasteiger partial charge in [-0.3, -0.25) is 4.79 Å². The lowest BCUT2D eigenvalue weighted by Gasteiger charge is -2.18. The molecule has 0 aromatic heterocycles. The van der Waals surface area contributed by atoms with Crippen LogP contribution in [0.2, 0.25) is 0 Å². The molecule has 0 unspecified atom stereocenters. The number of ether oxygens (including phenoxy) is 1. The quantitative estimate of drug-likeness (QED) is 0.869. The van der Waals surface area contributed by atoms with Crippen molar-refractivity contribution in [3.8, 4) is 5.75 Å². The highest BCUT2D eigenvalue weighted by molar-refractivity contribution is 5.95. The van der Waals surface area contributed by atoms with E-state index in [0.29, 0.717) is 23.5 Å². The molecule has 0 aliphatic rings. The van der Waals surface area contributed by atoms with E-state index in [0.717, 1.165) is 5.56 Å². The lowest BCUT2D eigenvalue weighted by atomic mass is 10.1. The fraction of sp³-hybridized carbons (Fsp3) is 0.188. The lowest BCUT2D eigenvalue weighted by molar-refractivity contribution is 0.0785. The largest absolute Gasteiger partial charge is 0.495 e. The molecule has 0 atom stereocenters. The Morgan fingerprint density at radius 3 is 2.55 bits per heavy atom. The Labute approximate surface area is 118 Å². The summed E-state index contributed by atoms with van der Waals surface area (Å²) in [5.41, 5.74) is 7.93. The van der Waals surface area contributed by atoms with Crippen molar-refractivity contribution in [2.45, 2.75) is 6.54 Å². The molecular formula is C16H18N2O2. The van der Waals surface area contributed by atoms with Crippen LogP contribution in [0.5, 0.6) is 5.75 Å². The summed E-state index contributed by atoms with van der Waals surface area (Å²) in [6.07, 6.45) is 0. The first-order valence-electron chi connectivity index (χ1n) is 6.34. The van der Waals surface area contributed by atoms with E-state index in [2.05, 4.69) is 0 Å². The van der Waals surface area contributed by atoms with Crippen LogP contribution in [-0.4, -0.2) is 25.0 Å². The maximum absolute atomic E-state index is 12.4. The zero-order valence-electron chi connectivity index (χ0n) is 11.7. The molecule has 0 aliphatic carbocycles. The Hall–Kier alpha value is -2.49. The second-order valence-corrected chi connectivity index (χ2v) is 4.60. The highest BCUT2D eigenvalue weighted by Gasteiger charge is 2.13. The van der Waals surface area contributed by atoms with Gasteiger partial charge in [0.25, 0.3) is 5.91 Å². The highest BCUT2D eigenvalue weighted by atomic mass is 16.5. The third-order valence-corrected chi connectivity index (χ3v) is 3.09. The predicted molar refractivity (Wildman–Crippen MR) is 79.6 cm³/mol. The third-order valence-electron chi connectivity index (χ3n) is 3.09. The van der Waals surface area contributed by atoms with E-state index in [-0.39, 0.29) is 5.91 Å². The summed E-state index contributed by atoms with van der Waals surface area (Å²) in [7, 11) is 3.31. The number of nitrogens with zero attached hydrogens (tertiary/aromatic N) is 1. The summed E-state index contributed by atoms with van der Waals surface area (Å²) in [5, 5.41) is 0. The molecule has 2 N–H and O–H groups in total. The van der Waals surface area contributed by atoms with Crippen LogP contribution in [-0.2, 0) is 6.54 Å². The number of nitrogens with two attached hydrogens (primary N) is 1. The lowest BCUT2D eigenvalue weighted by Crippen LogP contribution is -2.26. The highest BCUT2D eigenvalue weighted by Crippen LogP contribution is 2.23. The number of hydrogen-bond donors (Lipinski definition) is 1. The van der Waals surface area contributed by atoms with E-state index < -0.39 is 0 Å². The van der Waals surface area contributed by atoms with Crippen LogP contribution in [0.1, 0.15) is 15.9 Å². The maximum atomic E-state index is 12.4. The van der Waals surface area contributed by atoms with Crippen LogP contribution in [0, 0.1) is 0 Å². The number of nitrogen functional groups attached to an aromatic ring is 1. The van der Waals surface area contributed by atoms with Gasteiger partial charge < -0.3 is 15.4 Å². The summed E-state index contributed by atoms with van der Waals surface area (Å²) >= 11 is 0. The predicted octanol–water partition coefficient (Wildman–Crippen LogP) is 2.55. The van der Waals surface area contributed by atoms with Gasteiger partial charge in [0.15, 0.2) is 0 Å². The van der Waals surface area contributed by atoms with Gasteiger partial charge in [-0.2, -0.15) is 0 Å². The molecule has 0 saturated carbocycles. The second-order valence-electron chi connectivity index (χ2n) is 4.60. The van der Waals surface area contributed by atoms with Gasteiger partial charge in [-0.15, -0.1) is 0 Å². The Morgan fingerprint density at radius 2 is 1.90 bits per heavy atom. The summed E-state index contributed by atoms with van der Waals surface area (Å²) in [5.74, 6) is 0.455. The van der Waals surface area contributed by atoms with Crippen molar-refractivity contribution in [1.29, 1.82) is 0 Å². The number of methoxy groups -OCH3 is 1. The van der Waals surface area contributed by atoms with Crippen molar-refractivity contribution in [3.05, 3.63) is 59.7 Å². The van der Waals surface area contributed by atoms with Crippen molar-refractivity contribution in [2.24, 2.45) is 0 Å². The third kappa shape index (κ3) is 3.09. The first-order valence-corrected chi connectivity index (χ1v) is 6.34. The number of rotatable bonds is 4. The number of benzene rings is 2. The van der Waals surface area contributed by atoms with Crippen molar-refractivity contribution < 1.29 is 9.53 Å². The fourth-order valence-electron chi connectivity index (χ4n) is 1.99. The Balaban J connectivity index is 2.14. The first-order chi connectivity index (χ1) is 9.61.